The summed E-state index contributed by atoms with van der Waals surface area (Å²) in [6.07, 6.45) is 0.971. The molecule has 0 bridgehead atoms. The Morgan fingerprint density at radius 2 is 1.74 bits per heavy atom. The maximum Gasteiger partial charge on any atom is 0.125 e. The van der Waals surface area contributed by atoms with E-state index >= 15 is 0 Å². The van der Waals surface area contributed by atoms with Gasteiger partial charge >= 0.3 is 0 Å². The van der Waals surface area contributed by atoms with Gasteiger partial charge in [-0.2, -0.15) is 0 Å². The van der Waals surface area contributed by atoms with E-state index in [1.54, 1.807) is 0 Å². The molecule has 0 heterocycles. The van der Waals surface area contributed by atoms with E-state index in [0.717, 1.165) is 23.7 Å². The molecule has 0 aliphatic heterocycles. The molecule has 19 heavy (non-hydrogen) atoms. The van der Waals surface area contributed by atoms with Crippen LogP contribution in [-0.4, -0.2) is 13.6 Å². The zero-order valence-corrected chi connectivity index (χ0v) is 11.7. The van der Waals surface area contributed by atoms with Crippen LogP contribution in [0.25, 0.3) is 0 Å². The maximum absolute atomic E-state index is 6.06. The lowest BCUT2D eigenvalue weighted by Crippen LogP contribution is -2.16. The highest BCUT2D eigenvalue weighted by molar-refractivity contribution is 6.30. The van der Waals surface area contributed by atoms with Crippen molar-refractivity contribution in [1.29, 1.82) is 0 Å². The van der Waals surface area contributed by atoms with E-state index in [1.165, 1.54) is 5.56 Å². The largest absolute Gasteiger partial charge is 0.486 e. The average molecular weight is 276 g/mol. The summed E-state index contributed by atoms with van der Waals surface area (Å²) in [4.78, 5) is 0. The topological polar surface area (TPSA) is 21.3 Å². The van der Waals surface area contributed by atoms with E-state index in [1.807, 2.05) is 49.5 Å². The monoisotopic (exact) mass is 275 g/mol. The van der Waals surface area contributed by atoms with Crippen LogP contribution in [0.1, 0.15) is 18.1 Å². The van der Waals surface area contributed by atoms with E-state index in [0.29, 0.717) is 0 Å². The van der Waals surface area contributed by atoms with Gasteiger partial charge in [-0.1, -0.05) is 41.9 Å². The molecule has 1 unspecified atom stereocenters. The lowest BCUT2D eigenvalue weighted by Gasteiger charge is -2.19. The smallest absolute Gasteiger partial charge is 0.125 e. The van der Waals surface area contributed by atoms with E-state index < -0.39 is 0 Å². The number of benzene rings is 2. The van der Waals surface area contributed by atoms with Crippen molar-refractivity contribution in [2.45, 2.75) is 12.5 Å². The van der Waals surface area contributed by atoms with Crippen molar-refractivity contribution < 1.29 is 4.74 Å². The minimum Gasteiger partial charge on any atom is -0.486 e. The van der Waals surface area contributed by atoms with Gasteiger partial charge in [-0.3, -0.25) is 0 Å². The molecule has 0 aromatic heterocycles. The number of ether oxygens (including phenoxy) is 1. The normalized spacial score (nSPS) is 12.1. The van der Waals surface area contributed by atoms with Crippen molar-refractivity contribution >= 4 is 11.6 Å². The molecule has 1 atom stereocenters. The molecule has 2 rings (SSSR count). The van der Waals surface area contributed by atoms with Crippen LogP contribution in [0.3, 0.4) is 0 Å². The van der Waals surface area contributed by atoms with Crippen molar-refractivity contribution in [3.63, 3.8) is 0 Å². The molecule has 2 aromatic rings. The summed E-state index contributed by atoms with van der Waals surface area (Å²) in [5.41, 5.74) is 1.19. The Morgan fingerprint density at radius 3 is 2.37 bits per heavy atom. The molecule has 0 saturated carbocycles. The number of halogens is 1. The predicted molar refractivity (Wildman–Crippen MR) is 79.8 cm³/mol. The van der Waals surface area contributed by atoms with Gasteiger partial charge in [-0.05, 0) is 43.4 Å². The summed E-state index contributed by atoms with van der Waals surface area (Å²) in [6.45, 7) is 0.910. The van der Waals surface area contributed by atoms with Crippen LogP contribution in [0.4, 0.5) is 0 Å². The Labute approximate surface area is 119 Å². The van der Waals surface area contributed by atoms with Gasteiger partial charge in [0.1, 0.15) is 11.9 Å². The lowest BCUT2D eigenvalue weighted by atomic mass is 10.1. The number of nitrogens with one attached hydrogen (secondary N) is 1. The fourth-order valence-electron chi connectivity index (χ4n) is 1.91. The van der Waals surface area contributed by atoms with Crippen LogP contribution >= 0.6 is 11.6 Å². The van der Waals surface area contributed by atoms with Gasteiger partial charge in [0.25, 0.3) is 0 Å². The number of hydrogen-bond donors (Lipinski definition) is 1. The number of hydrogen-bond acceptors (Lipinski definition) is 2. The highest BCUT2D eigenvalue weighted by atomic mass is 35.5. The summed E-state index contributed by atoms with van der Waals surface area (Å²) in [5.74, 6) is 0.842. The van der Waals surface area contributed by atoms with Crippen molar-refractivity contribution in [2.75, 3.05) is 13.6 Å². The standard InChI is InChI=1S/C16H18ClNO/c1-18-12-11-16(13-5-3-2-4-6-13)19-15-9-7-14(17)8-10-15/h2-10,16,18H,11-12H2,1H3. The summed E-state index contributed by atoms with van der Waals surface area (Å²) in [6, 6.07) is 17.8. The quantitative estimate of drug-likeness (QED) is 0.858. The Bertz CT molecular complexity index is 484. The molecule has 0 amide bonds. The first-order valence-corrected chi connectivity index (χ1v) is 6.79. The molecule has 2 nitrogen and oxygen atoms in total. The van der Waals surface area contributed by atoms with Gasteiger partial charge in [0.15, 0.2) is 0 Å². The van der Waals surface area contributed by atoms with E-state index in [2.05, 4.69) is 17.4 Å². The van der Waals surface area contributed by atoms with Crippen molar-refractivity contribution in [1.82, 2.24) is 5.32 Å². The second-order valence-corrected chi connectivity index (χ2v) is 4.80. The van der Waals surface area contributed by atoms with Crippen LogP contribution in [0, 0.1) is 0 Å². The van der Waals surface area contributed by atoms with Crippen LogP contribution in [0.2, 0.25) is 5.02 Å². The van der Waals surface area contributed by atoms with E-state index in [-0.39, 0.29) is 6.10 Å². The van der Waals surface area contributed by atoms with Crippen molar-refractivity contribution in [3.8, 4) is 5.75 Å². The molecule has 3 heteroatoms. The van der Waals surface area contributed by atoms with Gasteiger partial charge in [-0.25, -0.2) is 0 Å². The molecule has 0 fully saturated rings. The molecular weight excluding hydrogens is 258 g/mol. The van der Waals surface area contributed by atoms with Crippen molar-refractivity contribution in [2.24, 2.45) is 0 Å². The van der Waals surface area contributed by atoms with Crippen LogP contribution < -0.4 is 10.1 Å². The SMILES string of the molecule is CNCCC(Oc1ccc(Cl)cc1)c1ccccc1. The zero-order valence-electron chi connectivity index (χ0n) is 11.0. The van der Waals surface area contributed by atoms with Crippen LogP contribution in [-0.2, 0) is 0 Å². The van der Waals surface area contributed by atoms with Crippen molar-refractivity contribution in [3.05, 3.63) is 65.2 Å². The van der Waals surface area contributed by atoms with E-state index in [4.69, 9.17) is 16.3 Å². The number of rotatable bonds is 6. The van der Waals surface area contributed by atoms with Gasteiger partial charge in [-0.15, -0.1) is 0 Å². The third-order valence-electron chi connectivity index (χ3n) is 2.92. The second-order valence-electron chi connectivity index (χ2n) is 4.36. The summed E-state index contributed by atoms with van der Waals surface area (Å²) in [5, 5.41) is 3.88. The van der Waals surface area contributed by atoms with Gasteiger partial charge < -0.3 is 10.1 Å². The summed E-state index contributed by atoms with van der Waals surface area (Å²) in [7, 11) is 1.95. The highest BCUT2D eigenvalue weighted by Crippen LogP contribution is 2.25. The molecule has 1 N–H and O–H groups in total. The molecule has 0 aliphatic carbocycles. The zero-order chi connectivity index (χ0) is 13.5. The van der Waals surface area contributed by atoms with Crippen LogP contribution in [0.15, 0.2) is 54.6 Å². The maximum atomic E-state index is 6.06. The first kappa shape index (κ1) is 13.9. The Balaban J connectivity index is 2.11. The molecule has 100 valence electrons. The lowest BCUT2D eigenvalue weighted by molar-refractivity contribution is 0.195. The fourth-order valence-corrected chi connectivity index (χ4v) is 2.04. The first-order chi connectivity index (χ1) is 9.29. The van der Waals surface area contributed by atoms with Crippen LogP contribution in [0.5, 0.6) is 5.75 Å². The summed E-state index contributed by atoms with van der Waals surface area (Å²) < 4.78 is 6.06. The average Bonchev–Trinajstić information content (AvgIpc) is 2.46. The van der Waals surface area contributed by atoms with Gasteiger partial charge in [0.2, 0.25) is 0 Å². The first-order valence-electron chi connectivity index (χ1n) is 6.41. The van der Waals surface area contributed by atoms with Gasteiger partial charge in [0.05, 0.1) is 0 Å². The Kier molecular flexibility index (Phi) is 5.25. The summed E-state index contributed by atoms with van der Waals surface area (Å²) >= 11 is 5.88. The minimum absolute atomic E-state index is 0.0508. The molecule has 0 saturated heterocycles. The predicted octanol–water partition coefficient (Wildman–Crippen LogP) is 4.07. The highest BCUT2D eigenvalue weighted by Gasteiger charge is 2.12. The Hall–Kier alpha value is -1.51. The fraction of sp³-hybridized carbons (Fsp3) is 0.250. The third-order valence-corrected chi connectivity index (χ3v) is 3.17. The minimum atomic E-state index is 0.0508. The molecular formula is C16H18ClNO. The van der Waals surface area contributed by atoms with E-state index in [9.17, 15) is 0 Å². The second kappa shape index (κ2) is 7.17. The third kappa shape index (κ3) is 4.27. The molecule has 0 spiro atoms. The molecule has 0 aliphatic rings. The molecule has 2 aromatic carbocycles. The van der Waals surface area contributed by atoms with Gasteiger partial charge in [0, 0.05) is 11.4 Å². The molecule has 0 radical (unpaired) electrons. The Morgan fingerprint density at radius 1 is 1.05 bits per heavy atom.